The fraction of sp³-hybridized carbons (Fsp3) is 0.308. The molecule has 1 aromatic carbocycles. The lowest BCUT2D eigenvalue weighted by Gasteiger charge is -2.02. The average molecular weight is 273 g/mol. The first-order valence-corrected chi connectivity index (χ1v) is 7.11. The second kappa shape index (κ2) is 5.36. The number of hydrogen-bond donors (Lipinski definition) is 2. The van der Waals surface area contributed by atoms with Crippen molar-refractivity contribution in [2.45, 2.75) is 19.8 Å². The largest absolute Gasteiger partial charge is 0.360 e. The summed E-state index contributed by atoms with van der Waals surface area (Å²) in [5.74, 6) is 0.910. The average Bonchev–Trinajstić information content (AvgIpc) is 3.06. The quantitative estimate of drug-likeness (QED) is 0.750. The fourth-order valence-electron chi connectivity index (χ4n) is 1.93. The number of fused-ring (bicyclic) bond motifs is 1. The zero-order chi connectivity index (χ0) is 13.1. The molecule has 0 atom stereocenters. The second-order valence-corrected chi connectivity index (χ2v) is 5.09. The second-order valence-electron chi connectivity index (χ2n) is 4.34. The minimum Gasteiger partial charge on any atom is -0.360 e. The lowest BCUT2D eigenvalue weighted by atomic mass is 10.1. The fourth-order valence-corrected chi connectivity index (χ4v) is 2.61. The summed E-state index contributed by atoms with van der Waals surface area (Å²) in [5, 5.41) is 12.4. The van der Waals surface area contributed by atoms with Crippen molar-refractivity contribution in [3.8, 4) is 0 Å². The van der Waals surface area contributed by atoms with Crippen molar-refractivity contribution in [1.82, 2.24) is 19.6 Å². The third-order valence-corrected chi connectivity index (χ3v) is 3.69. The molecular formula is C13H15N5S. The minimum absolute atomic E-state index is 0.863. The molecule has 0 amide bonds. The highest BCUT2D eigenvalue weighted by Gasteiger charge is 2.02. The molecule has 0 spiro atoms. The van der Waals surface area contributed by atoms with Crippen LogP contribution in [0.2, 0.25) is 0 Å². The van der Waals surface area contributed by atoms with Crippen molar-refractivity contribution in [2.24, 2.45) is 0 Å². The first kappa shape index (κ1) is 12.1. The van der Waals surface area contributed by atoms with Crippen LogP contribution in [0, 0.1) is 0 Å². The number of aryl methyl sites for hydroxylation is 1. The van der Waals surface area contributed by atoms with Crippen LogP contribution in [0.25, 0.3) is 10.9 Å². The van der Waals surface area contributed by atoms with Gasteiger partial charge in [0.15, 0.2) is 0 Å². The maximum atomic E-state index is 4.38. The molecular weight excluding hydrogens is 258 g/mol. The van der Waals surface area contributed by atoms with Crippen LogP contribution in [0.3, 0.4) is 0 Å². The standard InChI is InChI=1S/C13H15N5S/c1-2-12-16-13(19-18-12)14-6-5-9-3-4-11-10(7-9)8-15-17-11/h3-4,7-8H,2,5-6H2,1H3,(H,15,17)(H,14,16,18). The molecule has 0 aliphatic heterocycles. The van der Waals surface area contributed by atoms with E-state index in [9.17, 15) is 0 Å². The highest BCUT2D eigenvalue weighted by Crippen LogP contribution is 2.14. The molecule has 19 heavy (non-hydrogen) atoms. The van der Waals surface area contributed by atoms with Gasteiger partial charge in [-0.15, -0.1) is 0 Å². The maximum Gasteiger partial charge on any atom is 0.202 e. The van der Waals surface area contributed by atoms with E-state index in [0.29, 0.717) is 0 Å². The number of aromatic nitrogens is 4. The Morgan fingerprint density at radius 3 is 3.16 bits per heavy atom. The van der Waals surface area contributed by atoms with Gasteiger partial charge in [-0.1, -0.05) is 13.0 Å². The summed E-state index contributed by atoms with van der Waals surface area (Å²) in [6, 6.07) is 6.36. The van der Waals surface area contributed by atoms with Crippen LogP contribution in [0.4, 0.5) is 5.13 Å². The topological polar surface area (TPSA) is 66.5 Å². The number of anilines is 1. The molecule has 3 rings (SSSR count). The summed E-state index contributed by atoms with van der Waals surface area (Å²) in [5.41, 5.74) is 2.37. The van der Waals surface area contributed by atoms with Gasteiger partial charge in [0.2, 0.25) is 5.13 Å². The lowest BCUT2D eigenvalue weighted by Crippen LogP contribution is -2.04. The van der Waals surface area contributed by atoms with Gasteiger partial charge in [0.1, 0.15) is 5.82 Å². The molecule has 2 heterocycles. The SMILES string of the molecule is CCc1nsc(NCCc2ccc3[nH]ncc3c2)n1. The normalized spacial score (nSPS) is 11.0. The molecule has 0 bridgehead atoms. The van der Waals surface area contributed by atoms with E-state index in [1.807, 2.05) is 6.20 Å². The highest BCUT2D eigenvalue weighted by atomic mass is 32.1. The van der Waals surface area contributed by atoms with Crippen LogP contribution < -0.4 is 5.32 Å². The van der Waals surface area contributed by atoms with E-state index in [1.54, 1.807) is 0 Å². The molecule has 5 nitrogen and oxygen atoms in total. The maximum absolute atomic E-state index is 4.38. The number of nitrogens with one attached hydrogen (secondary N) is 2. The Kier molecular flexibility index (Phi) is 3.41. The molecule has 0 aliphatic rings. The Hall–Kier alpha value is -1.95. The van der Waals surface area contributed by atoms with Crippen molar-refractivity contribution >= 4 is 27.6 Å². The van der Waals surface area contributed by atoms with Crippen molar-refractivity contribution in [3.05, 3.63) is 35.8 Å². The summed E-state index contributed by atoms with van der Waals surface area (Å²) in [4.78, 5) is 4.38. The van der Waals surface area contributed by atoms with Gasteiger partial charge < -0.3 is 5.32 Å². The Labute approximate surface area is 115 Å². The van der Waals surface area contributed by atoms with E-state index in [0.717, 1.165) is 41.2 Å². The Balaban J connectivity index is 1.59. The molecule has 0 aliphatic carbocycles. The third kappa shape index (κ3) is 2.73. The number of nitrogens with zero attached hydrogens (tertiary/aromatic N) is 3. The van der Waals surface area contributed by atoms with Gasteiger partial charge in [-0.3, -0.25) is 5.10 Å². The van der Waals surface area contributed by atoms with Crippen molar-refractivity contribution < 1.29 is 0 Å². The third-order valence-electron chi connectivity index (χ3n) is 2.98. The van der Waals surface area contributed by atoms with Crippen LogP contribution >= 0.6 is 11.5 Å². The Morgan fingerprint density at radius 1 is 1.37 bits per heavy atom. The van der Waals surface area contributed by atoms with Gasteiger partial charge in [-0.05, 0) is 24.1 Å². The first-order valence-electron chi connectivity index (χ1n) is 6.33. The van der Waals surface area contributed by atoms with Crippen molar-refractivity contribution in [3.63, 3.8) is 0 Å². The first-order chi connectivity index (χ1) is 9.35. The van der Waals surface area contributed by atoms with E-state index in [2.05, 4.69) is 50.0 Å². The van der Waals surface area contributed by atoms with E-state index in [1.165, 1.54) is 17.1 Å². The molecule has 0 saturated carbocycles. The molecule has 2 aromatic heterocycles. The van der Waals surface area contributed by atoms with Gasteiger partial charge in [0, 0.05) is 29.9 Å². The van der Waals surface area contributed by atoms with E-state index in [-0.39, 0.29) is 0 Å². The molecule has 0 radical (unpaired) electrons. The molecule has 0 unspecified atom stereocenters. The van der Waals surface area contributed by atoms with E-state index >= 15 is 0 Å². The van der Waals surface area contributed by atoms with Gasteiger partial charge in [0.05, 0.1) is 11.7 Å². The van der Waals surface area contributed by atoms with Crippen molar-refractivity contribution in [1.29, 1.82) is 0 Å². The molecule has 0 fully saturated rings. The molecule has 0 saturated heterocycles. The summed E-state index contributed by atoms with van der Waals surface area (Å²) >= 11 is 1.43. The van der Waals surface area contributed by atoms with Gasteiger partial charge in [-0.25, -0.2) is 4.98 Å². The van der Waals surface area contributed by atoms with Crippen LogP contribution in [-0.4, -0.2) is 26.1 Å². The van der Waals surface area contributed by atoms with Crippen LogP contribution in [0.15, 0.2) is 24.4 Å². The number of benzene rings is 1. The molecule has 98 valence electrons. The zero-order valence-corrected chi connectivity index (χ0v) is 11.5. The van der Waals surface area contributed by atoms with Crippen LogP contribution in [0.5, 0.6) is 0 Å². The smallest absolute Gasteiger partial charge is 0.202 e. The minimum atomic E-state index is 0.863. The number of aromatic amines is 1. The van der Waals surface area contributed by atoms with Gasteiger partial charge >= 0.3 is 0 Å². The van der Waals surface area contributed by atoms with Crippen LogP contribution in [-0.2, 0) is 12.8 Å². The summed E-state index contributed by atoms with van der Waals surface area (Å²) in [6.07, 6.45) is 3.70. The summed E-state index contributed by atoms with van der Waals surface area (Å²) in [6.45, 7) is 2.92. The predicted molar refractivity (Wildman–Crippen MR) is 77.6 cm³/mol. The summed E-state index contributed by atoms with van der Waals surface area (Å²) < 4.78 is 4.25. The molecule has 6 heteroatoms. The predicted octanol–water partition coefficient (Wildman–Crippen LogP) is 2.63. The zero-order valence-electron chi connectivity index (χ0n) is 10.7. The van der Waals surface area contributed by atoms with Crippen molar-refractivity contribution in [2.75, 3.05) is 11.9 Å². The molecule has 3 aromatic rings. The lowest BCUT2D eigenvalue weighted by molar-refractivity contribution is 0.979. The number of hydrogen-bond acceptors (Lipinski definition) is 5. The highest BCUT2D eigenvalue weighted by molar-refractivity contribution is 7.09. The van der Waals surface area contributed by atoms with Gasteiger partial charge in [-0.2, -0.15) is 9.47 Å². The molecule has 2 N–H and O–H groups in total. The summed E-state index contributed by atoms with van der Waals surface area (Å²) in [7, 11) is 0. The number of H-pyrrole nitrogens is 1. The van der Waals surface area contributed by atoms with Gasteiger partial charge in [0.25, 0.3) is 0 Å². The monoisotopic (exact) mass is 273 g/mol. The van der Waals surface area contributed by atoms with Crippen LogP contribution in [0.1, 0.15) is 18.3 Å². The Morgan fingerprint density at radius 2 is 2.32 bits per heavy atom. The Bertz CT molecular complexity index is 672. The number of rotatable bonds is 5. The van der Waals surface area contributed by atoms with E-state index < -0.39 is 0 Å². The van der Waals surface area contributed by atoms with E-state index in [4.69, 9.17) is 0 Å².